The van der Waals surface area contributed by atoms with E-state index in [-0.39, 0.29) is 0 Å². The van der Waals surface area contributed by atoms with E-state index in [1.807, 2.05) is 19.1 Å². The molecule has 2 rings (SSSR count). The summed E-state index contributed by atoms with van der Waals surface area (Å²) < 4.78 is 10.4. The number of anilines is 1. The molecule has 130 valence electrons. The van der Waals surface area contributed by atoms with E-state index in [0.717, 1.165) is 5.56 Å². The van der Waals surface area contributed by atoms with Crippen LogP contribution in [0.15, 0.2) is 47.6 Å². The zero-order valence-electron chi connectivity index (χ0n) is 14.2. The van der Waals surface area contributed by atoms with E-state index < -0.39 is 11.8 Å². The van der Waals surface area contributed by atoms with Crippen LogP contribution in [0.2, 0.25) is 0 Å². The molecule has 2 amide bonds. The predicted octanol–water partition coefficient (Wildman–Crippen LogP) is 2.10. The maximum absolute atomic E-state index is 11.9. The number of para-hydroxylation sites is 2. The van der Waals surface area contributed by atoms with Crippen molar-refractivity contribution < 1.29 is 19.1 Å². The van der Waals surface area contributed by atoms with Crippen molar-refractivity contribution in [2.24, 2.45) is 5.10 Å². The maximum atomic E-state index is 11.9. The molecule has 0 aliphatic rings. The van der Waals surface area contributed by atoms with Gasteiger partial charge in [-0.2, -0.15) is 5.10 Å². The van der Waals surface area contributed by atoms with Crippen LogP contribution in [0.4, 0.5) is 5.69 Å². The highest BCUT2D eigenvalue weighted by molar-refractivity contribution is 6.39. The molecule has 2 aromatic carbocycles. The molecular formula is C18H19N3O4. The summed E-state index contributed by atoms with van der Waals surface area (Å²) in [6.07, 6.45) is 1.38. The number of hydrogen-bond acceptors (Lipinski definition) is 5. The Bertz CT molecular complexity index is 803. The highest BCUT2D eigenvalue weighted by Gasteiger charge is 2.14. The topological polar surface area (TPSA) is 89.0 Å². The van der Waals surface area contributed by atoms with Gasteiger partial charge in [0.1, 0.15) is 0 Å². The Morgan fingerprint density at radius 2 is 1.76 bits per heavy atom. The summed E-state index contributed by atoms with van der Waals surface area (Å²) in [5.74, 6) is -0.659. The zero-order valence-corrected chi connectivity index (χ0v) is 14.2. The Morgan fingerprint density at radius 3 is 2.44 bits per heavy atom. The largest absolute Gasteiger partial charge is 0.493 e. The summed E-state index contributed by atoms with van der Waals surface area (Å²) in [4.78, 5) is 23.7. The molecule has 0 spiro atoms. The first-order chi connectivity index (χ1) is 12.1. The summed E-state index contributed by atoms with van der Waals surface area (Å²) >= 11 is 0. The minimum Gasteiger partial charge on any atom is -0.493 e. The van der Waals surface area contributed by atoms with Gasteiger partial charge < -0.3 is 14.8 Å². The predicted molar refractivity (Wildman–Crippen MR) is 95.1 cm³/mol. The lowest BCUT2D eigenvalue weighted by Gasteiger charge is -2.09. The second-order valence-corrected chi connectivity index (χ2v) is 5.05. The second kappa shape index (κ2) is 8.49. The van der Waals surface area contributed by atoms with Crippen molar-refractivity contribution in [2.45, 2.75) is 6.92 Å². The SMILES string of the molecule is COc1cccc(/C=N/NC(=O)C(=O)Nc2ccccc2C)c1OC. The summed E-state index contributed by atoms with van der Waals surface area (Å²) in [5.41, 5.74) is 4.21. The fourth-order valence-corrected chi connectivity index (χ4v) is 2.12. The van der Waals surface area contributed by atoms with E-state index in [0.29, 0.717) is 22.7 Å². The van der Waals surface area contributed by atoms with Crippen molar-refractivity contribution in [2.75, 3.05) is 19.5 Å². The lowest BCUT2D eigenvalue weighted by molar-refractivity contribution is -0.136. The van der Waals surface area contributed by atoms with Crippen LogP contribution in [-0.4, -0.2) is 32.2 Å². The van der Waals surface area contributed by atoms with Crippen LogP contribution >= 0.6 is 0 Å². The molecule has 0 aromatic heterocycles. The Morgan fingerprint density at radius 1 is 1.00 bits per heavy atom. The third-order valence-corrected chi connectivity index (χ3v) is 3.40. The van der Waals surface area contributed by atoms with Gasteiger partial charge >= 0.3 is 11.8 Å². The smallest absolute Gasteiger partial charge is 0.329 e. The molecule has 0 fully saturated rings. The standard InChI is InChI=1S/C18H19N3O4/c1-12-7-4-5-9-14(12)20-17(22)18(23)21-19-11-13-8-6-10-15(24-2)16(13)25-3/h4-11H,1-3H3,(H,20,22)(H,21,23)/b19-11+. The normalized spacial score (nSPS) is 10.4. The molecule has 0 bridgehead atoms. The number of methoxy groups -OCH3 is 2. The van der Waals surface area contributed by atoms with Crippen LogP contribution in [0.25, 0.3) is 0 Å². The van der Waals surface area contributed by atoms with Gasteiger partial charge in [0.2, 0.25) is 0 Å². The number of amides is 2. The van der Waals surface area contributed by atoms with E-state index in [2.05, 4.69) is 15.8 Å². The molecule has 7 heteroatoms. The monoisotopic (exact) mass is 341 g/mol. The number of nitrogens with one attached hydrogen (secondary N) is 2. The van der Waals surface area contributed by atoms with Gasteiger partial charge in [0.05, 0.1) is 20.4 Å². The molecule has 0 aliphatic heterocycles. The van der Waals surface area contributed by atoms with Crippen molar-refractivity contribution in [3.63, 3.8) is 0 Å². The molecule has 0 aliphatic carbocycles. The van der Waals surface area contributed by atoms with Gasteiger partial charge in [0.15, 0.2) is 11.5 Å². The minimum absolute atomic E-state index is 0.479. The average Bonchev–Trinajstić information content (AvgIpc) is 2.63. The molecule has 2 N–H and O–H groups in total. The van der Waals surface area contributed by atoms with Crippen LogP contribution in [0.1, 0.15) is 11.1 Å². The van der Waals surface area contributed by atoms with Crippen LogP contribution in [0.3, 0.4) is 0 Å². The number of benzene rings is 2. The molecule has 7 nitrogen and oxygen atoms in total. The Labute approximate surface area is 145 Å². The number of ether oxygens (including phenoxy) is 2. The summed E-state index contributed by atoms with van der Waals surface area (Å²) in [5, 5.41) is 6.32. The van der Waals surface area contributed by atoms with Gasteiger partial charge in [-0.05, 0) is 30.7 Å². The lowest BCUT2D eigenvalue weighted by Crippen LogP contribution is -2.32. The number of hydrazone groups is 1. The summed E-state index contributed by atoms with van der Waals surface area (Å²) in [6, 6.07) is 12.4. The maximum Gasteiger partial charge on any atom is 0.329 e. The fourth-order valence-electron chi connectivity index (χ4n) is 2.12. The van der Waals surface area contributed by atoms with E-state index in [1.165, 1.54) is 20.4 Å². The van der Waals surface area contributed by atoms with Gasteiger partial charge in [0, 0.05) is 11.3 Å². The number of nitrogens with zero attached hydrogens (tertiary/aromatic N) is 1. The number of hydrogen-bond donors (Lipinski definition) is 2. The molecule has 2 aromatic rings. The number of aryl methyl sites for hydroxylation is 1. The molecular weight excluding hydrogens is 322 g/mol. The quantitative estimate of drug-likeness (QED) is 0.495. The number of carbonyl (C=O) groups excluding carboxylic acids is 2. The third kappa shape index (κ3) is 4.57. The molecule has 0 unspecified atom stereocenters. The van der Waals surface area contributed by atoms with Crippen LogP contribution in [0.5, 0.6) is 11.5 Å². The first-order valence-electron chi connectivity index (χ1n) is 7.47. The molecule has 0 saturated heterocycles. The summed E-state index contributed by atoms with van der Waals surface area (Å²) in [7, 11) is 3.03. The first kappa shape index (κ1) is 18.0. The van der Waals surface area contributed by atoms with E-state index in [4.69, 9.17) is 9.47 Å². The van der Waals surface area contributed by atoms with Crippen molar-refractivity contribution in [3.05, 3.63) is 53.6 Å². The molecule has 25 heavy (non-hydrogen) atoms. The summed E-state index contributed by atoms with van der Waals surface area (Å²) in [6.45, 7) is 1.83. The average molecular weight is 341 g/mol. The molecule has 0 saturated carbocycles. The van der Waals surface area contributed by atoms with Crippen molar-refractivity contribution in [1.82, 2.24) is 5.43 Å². The highest BCUT2D eigenvalue weighted by atomic mass is 16.5. The highest BCUT2D eigenvalue weighted by Crippen LogP contribution is 2.29. The third-order valence-electron chi connectivity index (χ3n) is 3.40. The van der Waals surface area contributed by atoms with Crippen molar-refractivity contribution in [3.8, 4) is 11.5 Å². The molecule has 0 atom stereocenters. The number of rotatable bonds is 5. The van der Waals surface area contributed by atoms with Crippen LogP contribution < -0.4 is 20.2 Å². The van der Waals surface area contributed by atoms with E-state index in [9.17, 15) is 9.59 Å². The van der Waals surface area contributed by atoms with Crippen molar-refractivity contribution in [1.29, 1.82) is 0 Å². The van der Waals surface area contributed by atoms with Crippen molar-refractivity contribution >= 4 is 23.7 Å². The van der Waals surface area contributed by atoms with Gasteiger partial charge in [-0.1, -0.05) is 24.3 Å². The lowest BCUT2D eigenvalue weighted by atomic mass is 10.2. The molecule has 0 radical (unpaired) electrons. The minimum atomic E-state index is -0.874. The van der Waals surface area contributed by atoms with E-state index in [1.54, 1.807) is 30.3 Å². The zero-order chi connectivity index (χ0) is 18.2. The van der Waals surface area contributed by atoms with Crippen LogP contribution in [0, 0.1) is 6.92 Å². The van der Waals surface area contributed by atoms with Gasteiger partial charge in [-0.15, -0.1) is 0 Å². The van der Waals surface area contributed by atoms with E-state index >= 15 is 0 Å². The van der Waals surface area contributed by atoms with Gasteiger partial charge in [-0.3, -0.25) is 9.59 Å². The first-order valence-corrected chi connectivity index (χ1v) is 7.47. The fraction of sp³-hybridized carbons (Fsp3) is 0.167. The second-order valence-electron chi connectivity index (χ2n) is 5.05. The number of carbonyl (C=O) groups is 2. The molecule has 0 heterocycles. The Hall–Kier alpha value is -3.35. The van der Waals surface area contributed by atoms with Gasteiger partial charge in [-0.25, -0.2) is 5.43 Å². The van der Waals surface area contributed by atoms with Gasteiger partial charge in [0.25, 0.3) is 0 Å². The van der Waals surface area contributed by atoms with Crippen LogP contribution in [-0.2, 0) is 9.59 Å². The Kier molecular flexibility index (Phi) is 6.11. The Balaban J connectivity index is 2.01.